The highest BCUT2D eigenvalue weighted by molar-refractivity contribution is 5.91. The van der Waals surface area contributed by atoms with Crippen LogP contribution in [0.4, 0.5) is 5.82 Å². The van der Waals surface area contributed by atoms with Crippen molar-refractivity contribution in [2.75, 3.05) is 38.0 Å². The second-order valence-electron chi connectivity index (χ2n) is 7.39. The number of rotatable bonds is 6. The fourth-order valence-electron chi connectivity index (χ4n) is 3.70. The number of anilines is 1. The topological polar surface area (TPSA) is 94.5 Å². The second kappa shape index (κ2) is 8.48. The van der Waals surface area contributed by atoms with Gasteiger partial charge in [-0.05, 0) is 25.0 Å². The Morgan fingerprint density at radius 1 is 1.21 bits per heavy atom. The predicted molar refractivity (Wildman–Crippen MR) is 110 cm³/mol. The molecule has 0 aliphatic carbocycles. The van der Waals surface area contributed by atoms with Gasteiger partial charge in [0.25, 0.3) is 0 Å². The highest BCUT2D eigenvalue weighted by Gasteiger charge is 2.22. The van der Waals surface area contributed by atoms with Crippen LogP contribution in [0.5, 0.6) is 0 Å². The summed E-state index contributed by atoms with van der Waals surface area (Å²) in [6.45, 7) is 4.71. The summed E-state index contributed by atoms with van der Waals surface area (Å²) in [7, 11) is 0. The quantitative estimate of drug-likeness (QED) is 0.667. The Labute approximate surface area is 168 Å². The Hall–Kier alpha value is -3.13. The number of carbonyl (C=O) groups excluding carboxylic acids is 2. The molecular weight excluding hydrogens is 370 g/mol. The number of hydrogen-bond donors (Lipinski definition) is 2. The van der Waals surface area contributed by atoms with Crippen LogP contribution in [0.25, 0.3) is 10.9 Å². The Bertz CT molecular complexity index is 1000. The molecule has 1 aliphatic rings. The van der Waals surface area contributed by atoms with Gasteiger partial charge < -0.3 is 19.7 Å². The molecule has 0 saturated carbocycles. The van der Waals surface area contributed by atoms with Crippen molar-refractivity contribution in [2.45, 2.75) is 19.8 Å². The number of aryl methyl sites for hydroxylation is 2. The predicted octanol–water partition coefficient (Wildman–Crippen LogP) is 2.18. The van der Waals surface area contributed by atoms with Crippen LogP contribution in [0.15, 0.2) is 41.1 Å². The second-order valence-corrected chi connectivity index (χ2v) is 7.39. The molecule has 0 spiro atoms. The number of nitrogens with zero attached hydrogens (tertiary/aromatic N) is 3. The van der Waals surface area contributed by atoms with Gasteiger partial charge in [-0.15, -0.1) is 0 Å². The zero-order valence-electron chi connectivity index (χ0n) is 16.5. The maximum atomic E-state index is 12.6. The number of carbonyl (C=O) groups is 2. The van der Waals surface area contributed by atoms with Crippen LogP contribution < -0.4 is 5.32 Å². The minimum atomic E-state index is -0.127. The molecule has 2 aromatic heterocycles. The van der Waals surface area contributed by atoms with E-state index in [2.05, 4.69) is 21.5 Å². The van der Waals surface area contributed by atoms with E-state index in [9.17, 15) is 9.59 Å². The van der Waals surface area contributed by atoms with Gasteiger partial charge in [-0.25, -0.2) is 0 Å². The van der Waals surface area contributed by atoms with Gasteiger partial charge in [0.05, 0.1) is 6.54 Å². The lowest BCUT2D eigenvalue weighted by Gasteiger charge is -2.34. The van der Waals surface area contributed by atoms with Crippen molar-refractivity contribution in [2.24, 2.45) is 0 Å². The monoisotopic (exact) mass is 395 g/mol. The molecule has 2 amide bonds. The maximum Gasteiger partial charge on any atom is 0.239 e. The lowest BCUT2D eigenvalue weighted by molar-refractivity contribution is -0.133. The van der Waals surface area contributed by atoms with Crippen LogP contribution >= 0.6 is 0 Å². The van der Waals surface area contributed by atoms with Crippen LogP contribution in [-0.4, -0.2) is 64.5 Å². The third kappa shape index (κ3) is 4.65. The Balaban J connectivity index is 1.21. The smallest absolute Gasteiger partial charge is 0.239 e. The van der Waals surface area contributed by atoms with Gasteiger partial charge >= 0.3 is 0 Å². The Kier molecular flexibility index (Phi) is 5.62. The van der Waals surface area contributed by atoms with E-state index in [1.165, 1.54) is 10.9 Å². The van der Waals surface area contributed by atoms with Crippen molar-refractivity contribution < 1.29 is 14.1 Å². The average Bonchev–Trinajstić information content (AvgIpc) is 3.32. The Morgan fingerprint density at radius 3 is 2.76 bits per heavy atom. The molecule has 4 rings (SSSR count). The van der Waals surface area contributed by atoms with Crippen molar-refractivity contribution in [1.82, 2.24) is 19.9 Å². The summed E-state index contributed by atoms with van der Waals surface area (Å²) in [5, 5.41) is 7.67. The van der Waals surface area contributed by atoms with E-state index in [0.29, 0.717) is 44.2 Å². The molecule has 29 heavy (non-hydrogen) atoms. The third-order valence-electron chi connectivity index (χ3n) is 5.27. The van der Waals surface area contributed by atoms with Crippen LogP contribution in [0.2, 0.25) is 0 Å². The SMILES string of the molecule is Cc1cc(NC(=O)CN2CCN(C(=O)CCc3c[nH]c4ccccc34)CC2)no1. The number of H-pyrrole nitrogens is 1. The molecule has 3 aromatic rings. The normalized spacial score (nSPS) is 15.0. The fourth-order valence-corrected chi connectivity index (χ4v) is 3.70. The van der Waals surface area contributed by atoms with Crippen LogP contribution in [0.3, 0.4) is 0 Å². The van der Waals surface area contributed by atoms with Gasteiger partial charge in [0.1, 0.15) is 5.76 Å². The lowest BCUT2D eigenvalue weighted by atomic mass is 10.1. The largest absolute Gasteiger partial charge is 0.361 e. The molecule has 1 saturated heterocycles. The molecule has 8 nitrogen and oxygen atoms in total. The van der Waals surface area contributed by atoms with Crippen LogP contribution in [0.1, 0.15) is 17.7 Å². The van der Waals surface area contributed by atoms with E-state index in [0.717, 1.165) is 11.9 Å². The van der Waals surface area contributed by atoms with Gasteiger partial charge in [0.2, 0.25) is 11.8 Å². The zero-order valence-corrected chi connectivity index (χ0v) is 16.5. The number of aromatic amines is 1. The standard InChI is InChI=1S/C21H25N5O3/c1-15-12-19(24-29-15)23-20(27)14-25-8-10-26(11-9-25)21(28)7-6-16-13-22-18-5-3-2-4-17(16)18/h2-5,12-13,22H,6-11,14H2,1H3,(H,23,24,27). The number of nitrogens with one attached hydrogen (secondary N) is 2. The van der Waals surface area contributed by atoms with E-state index in [1.54, 1.807) is 13.0 Å². The summed E-state index contributed by atoms with van der Waals surface area (Å²) in [4.78, 5) is 31.9. The number of amides is 2. The molecule has 1 aliphatic heterocycles. The van der Waals surface area contributed by atoms with Gasteiger partial charge in [-0.1, -0.05) is 23.4 Å². The zero-order chi connectivity index (χ0) is 20.2. The summed E-state index contributed by atoms with van der Waals surface area (Å²) < 4.78 is 4.94. The molecule has 8 heteroatoms. The number of aromatic nitrogens is 2. The fraction of sp³-hybridized carbons (Fsp3) is 0.381. The van der Waals surface area contributed by atoms with Crippen LogP contribution in [0, 0.1) is 6.92 Å². The molecule has 3 heterocycles. The van der Waals surface area contributed by atoms with Crippen molar-refractivity contribution in [1.29, 1.82) is 0 Å². The van der Waals surface area contributed by atoms with Gasteiger partial charge in [0.15, 0.2) is 5.82 Å². The van der Waals surface area contributed by atoms with E-state index in [-0.39, 0.29) is 18.4 Å². The molecular formula is C21H25N5O3. The van der Waals surface area contributed by atoms with Gasteiger partial charge in [0, 0.05) is 55.8 Å². The molecule has 2 N–H and O–H groups in total. The lowest BCUT2D eigenvalue weighted by Crippen LogP contribution is -2.50. The first-order valence-corrected chi connectivity index (χ1v) is 9.87. The highest BCUT2D eigenvalue weighted by Crippen LogP contribution is 2.19. The molecule has 0 atom stereocenters. The average molecular weight is 395 g/mol. The summed E-state index contributed by atoms with van der Waals surface area (Å²) in [6.07, 6.45) is 3.21. The molecule has 1 fully saturated rings. The first-order valence-electron chi connectivity index (χ1n) is 9.87. The number of hydrogen-bond acceptors (Lipinski definition) is 5. The number of piperazine rings is 1. The minimum absolute atomic E-state index is 0.127. The van der Waals surface area contributed by atoms with Crippen molar-refractivity contribution >= 4 is 28.5 Å². The van der Waals surface area contributed by atoms with Crippen molar-refractivity contribution in [3.63, 3.8) is 0 Å². The van der Waals surface area contributed by atoms with Crippen LogP contribution in [-0.2, 0) is 16.0 Å². The summed E-state index contributed by atoms with van der Waals surface area (Å²) >= 11 is 0. The molecule has 0 bridgehead atoms. The summed E-state index contributed by atoms with van der Waals surface area (Å²) in [5.41, 5.74) is 2.27. The summed E-state index contributed by atoms with van der Waals surface area (Å²) in [5.74, 6) is 1.12. The van der Waals surface area contributed by atoms with Crippen molar-refractivity contribution in [3.05, 3.63) is 47.9 Å². The third-order valence-corrected chi connectivity index (χ3v) is 5.27. The first kappa shape index (κ1) is 19.2. The minimum Gasteiger partial charge on any atom is -0.361 e. The Morgan fingerprint density at radius 2 is 2.00 bits per heavy atom. The molecule has 1 aromatic carbocycles. The van der Waals surface area contributed by atoms with E-state index in [1.807, 2.05) is 34.2 Å². The number of benzene rings is 1. The number of fused-ring (bicyclic) bond motifs is 1. The van der Waals surface area contributed by atoms with E-state index < -0.39 is 0 Å². The van der Waals surface area contributed by atoms with Gasteiger partial charge in [-0.2, -0.15) is 0 Å². The number of para-hydroxylation sites is 1. The van der Waals surface area contributed by atoms with Crippen molar-refractivity contribution in [3.8, 4) is 0 Å². The molecule has 152 valence electrons. The molecule has 0 radical (unpaired) electrons. The highest BCUT2D eigenvalue weighted by atomic mass is 16.5. The maximum absolute atomic E-state index is 12.6. The van der Waals surface area contributed by atoms with Gasteiger partial charge in [-0.3, -0.25) is 14.5 Å². The van der Waals surface area contributed by atoms with E-state index >= 15 is 0 Å². The summed E-state index contributed by atoms with van der Waals surface area (Å²) in [6, 6.07) is 9.82. The van der Waals surface area contributed by atoms with E-state index in [4.69, 9.17) is 4.52 Å². The molecule has 0 unspecified atom stereocenters. The first-order chi connectivity index (χ1) is 14.1.